The van der Waals surface area contributed by atoms with Crippen molar-refractivity contribution in [2.75, 3.05) is 19.7 Å². The van der Waals surface area contributed by atoms with Crippen LogP contribution in [0.25, 0.3) is 0 Å². The summed E-state index contributed by atoms with van der Waals surface area (Å²) in [5.41, 5.74) is 0. The summed E-state index contributed by atoms with van der Waals surface area (Å²) >= 11 is 1.80. The van der Waals surface area contributed by atoms with Crippen molar-refractivity contribution in [3.05, 3.63) is 22.4 Å². The molecule has 5 heteroatoms. The monoisotopic (exact) mass is 320 g/mol. The molecule has 1 saturated carbocycles. The van der Waals surface area contributed by atoms with Gasteiger partial charge in [0, 0.05) is 37.2 Å². The van der Waals surface area contributed by atoms with E-state index in [1.807, 2.05) is 0 Å². The topological polar surface area (TPSA) is 41.6 Å². The Balaban J connectivity index is 1.41. The number of rotatable bonds is 5. The third-order valence-electron chi connectivity index (χ3n) is 5.19. The fraction of sp³-hybridized carbons (Fsp3) is 0.706. The Morgan fingerprint density at radius 1 is 1.41 bits per heavy atom. The first-order valence-electron chi connectivity index (χ1n) is 8.45. The van der Waals surface area contributed by atoms with Gasteiger partial charge in [0.2, 0.25) is 5.91 Å². The summed E-state index contributed by atoms with van der Waals surface area (Å²) < 4.78 is 5.91. The predicted molar refractivity (Wildman–Crippen MR) is 86.7 cm³/mol. The lowest BCUT2D eigenvalue weighted by molar-refractivity contribution is -0.129. The molecule has 22 heavy (non-hydrogen) atoms. The molecule has 4 rings (SSSR count). The van der Waals surface area contributed by atoms with Gasteiger partial charge < -0.3 is 10.1 Å². The van der Waals surface area contributed by atoms with Crippen molar-refractivity contribution in [2.45, 2.75) is 44.4 Å². The highest BCUT2D eigenvalue weighted by Crippen LogP contribution is 2.33. The van der Waals surface area contributed by atoms with Crippen LogP contribution in [0.5, 0.6) is 0 Å². The minimum Gasteiger partial charge on any atom is -0.377 e. The van der Waals surface area contributed by atoms with Gasteiger partial charge >= 0.3 is 0 Å². The highest BCUT2D eigenvalue weighted by molar-refractivity contribution is 7.09. The highest BCUT2D eigenvalue weighted by Gasteiger charge is 2.42. The van der Waals surface area contributed by atoms with E-state index in [1.165, 1.54) is 17.7 Å². The Kier molecular flexibility index (Phi) is 4.20. The van der Waals surface area contributed by atoms with Gasteiger partial charge in [-0.25, -0.2) is 0 Å². The van der Waals surface area contributed by atoms with E-state index >= 15 is 0 Å². The number of nitrogens with one attached hydrogen (secondary N) is 1. The van der Waals surface area contributed by atoms with E-state index in [0.29, 0.717) is 6.04 Å². The fourth-order valence-corrected chi connectivity index (χ4v) is 4.47. The van der Waals surface area contributed by atoms with Crippen LogP contribution in [0.15, 0.2) is 17.5 Å². The third-order valence-corrected chi connectivity index (χ3v) is 6.05. The third kappa shape index (κ3) is 3.21. The van der Waals surface area contributed by atoms with Crippen LogP contribution in [-0.4, -0.2) is 42.6 Å². The average Bonchev–Trinajstić information content (AvgIpc) is 3.00. The Labute approximate surface area is 135 Å². The summed E-state index contributed by atoms with van der Waals surface area (Å²) in [6, 6.07) is 4.79. The van der Waals surface area contributed by atoms with E-state index in [0.717, 1.165) is 45.0 Å². The molecule has 1 amide bonds. The van der Waals surface area contributed by atoms with Gasteiger partial charge in [-0.3, -0.25) is 9.69 Å². The van der Waals surface area contributed by atoms with Crippen LogP contribution >= 0.6 is 11.3 Å². The van der Waals surface area contributed by atoms with E-state index in [1.54, 1.807) is 11.3 Å². The number of carbonyl (C=O) groups excluding carboxylic acids is 1. The Hall–Kier alpha value is -0.910. The zero-order chi connectivity index (χ0) is 14.9. The van der Waals surface area contributed by atoms with Crippen LogP contribution in [0.1, 0.15) is 30.6 Å². The van der Waals surface area contributed by atoms with E-state index in [9.17, 15) is 4.79 Å². The van der Waals surface area contributed by atoms with Crippen molar-refractivity contribution < 1.29 is 9.53 Å². The molecular weight excluding hydrogens is 296 g/mol. The molecule has 3 fully saturated rings. The van der Waals surface area contributed by atoms with Crippen LogP contribution in [0.4, 0.5) is 0 Å². The second-order valence-corrected chi connectivity index (χ2v) is 7.93. The molecule has 2 aliphatic heterocycles. The molecule has 1 aliphatic carbocycles. The smallest absolute Gasteiger partial charge is 0.224 e. The minimum absolute atomic E-state index is 0.0815. The van der Waals surface area contributed by atoms with Crippen molar-refractivity contribution in [1.29, 1.82) is 0 Å². The van der Waals surface area contributed by atoms with E-state index < -0.39 is 0 Å². The van der Waals surface area contributed by atoms with Gasteiger partial charge in [0.1, 0.15) is 0 Å². The van der Waals surface area contributed by atoms with E-state index in [-0.39, 0.29) is 17.9 Å². The zero-order valence-electron chi connectivity index (χ0n) is 12.9. The Morgan fingerprint density at radius 2 is 2.32 bits per heavy atom. The van der Waals surface area contributed by atoms with Gasteiger partial charge in [0.25, 0.3) is 0 Å². The number of ether oxygens (including phenoxy) is 1. The fourth-order valence-electron chi connectivity index (χ4n) is 3.74. The van der Waals surface area contributed by atoms with Gasteiger partial charge in [0.05, 0.1) is 12.0 Å². The minimum atomic E-state index is 0.0815. The molecule has 0 unspecified atom stereocenters. The Morgan fingerprint density at radius 3 is 3.09 bits per heavy atom. The van der Waals surface area contributed by atoms with Crippen LogP contribution in [-0.2, 0) is 16.1 Å². The number of hydrogen-bond acceptors (Lipinski definition) is 4. The quantitative estimate of drug-likeness (QED) is 0.905. The van der Waals surface area contributed by atoms with Crippen LogP contribution in [0, 0.1) is 11.8 Å². The molecule has 1 aromatic rings. The molecular formula is C17H24N2O2S. The second-order valence-electron chi connectivity index (χ2n) is 6.90. The van der Waals surface area contributed by atoms with Crippen LogP contribution in [0.2, 0.25) is 0 Å². The molecule has 1 aromatic heterocycles. The standard InChI is InChI=1S/C17H24N2O2S/c20-17(18-9-12-3-4-12)13-8-16-15(5-6-21-16)19(10-13)11-14-2-1-7-22-14/h1-2,7,12-13,15-16H,3-6,8-11H2,(H,18,20)/t13-,15+,16+/m0/s1. The maximum Gasteiger partial charge on any atom is 0.224 e. The first-order chi connectivity index (χ1) is 10.8. The molecule has 0 spiro atoms. The maximum atomic E-state index is 12.5. The largest absolute Gasteiger partial charge is 0.377 e. The van der Waals surface area contributed by atoms with Crippen molar-refractivity contribution in [2.24, 2.45) is 11.8 Å². The highest BCUT2D eigenvalue weighted by atomic mass is 32.1. The molecule has 3 atom stereocenters. The van der Waals surface area contributed by atoms with Gasteiger partial charge in [-0.1, -0.05) is 6.07 Å². The van der Waals surface area contributed by atoms with Crippen molar-refractivity contribution in [1.82, 2.24) is 10.2 Å². The Bertz CT molecular complexity index is 515. The van der Waals surface area contributed by atoms with E-state index in [2.05, 4.69) is 27.7 Å². The zero-order valence-corrected chi connectivity index (χ0v) is 13.7. The number of hydrogen-bond donors (Lipinski definition) is 1. The molecule has 120 valence electrons. The number of carbonyl (C=O) groups is 1. The first-order valence-corrected chi connectivity index (χ1v) is 9.33. The molecule has 3 heterocycles. The lowest BCUT2D eigenvalue weighted by Crippen LogP contribution is -2.52. The number of thiophene rings is 1. The molecule has 0 radical (unpaired) electrons. The molecule has 2 saturated heterocycles. The van der Waals surface area contributed by atoms with E-state index in [4.69, 9.17) is 4.74 Å². The lowest BCUT2D eigenvalue weighted by atomic mass is 9.89. The number of fused-ring (bicyclic) bond motifs is 1. The van der Waals surface area contributed by atoms with Gasteiger partial charge in [-0.2, -0.15) is 0 Å². The van der Waals surface area contributed by atoms with Crippen LogP contribution < -0.4 is 5.32 Å². The molecule has 3 aliphatic rings. The van der Waals surface area contributed by atoms with Gasteiger partial charge in [-0.05, 0) is 43.0 Å². The lowest BCUT2D eigenvalue weighted by Gasteiger charge is -2.40. The number of likely N-dealkylation sites (tertiary alicyclic amines) is 1. The van der Waals surface area contributed by atoms with Crippen molar-refractivity contribution in [3.63, 3.8) is 0 Å². The van der Waals surface area contributed by atoms with Gasteiger partial charge in [-0.15, -0.1) is 11.3 Å². The summed E-state index contributed by atoms with van der Waals surface area (Å²) in [6.45, 7) is 3.54. The molecule has 4 nitrogen and oxygen atoms in total. The SMILES string of the molecule is O=C(NCC1CC1)[C@H]1C[C@H]2OCC[C@H]2N(Cc2cccs2)C1. The molecule has 1 N–H and O–H groups in total. The maximum absolute atomic E-state index is 12.5. The van der Waals surface area contributed by atoms with Crippen LogP contribution in [0.3, 0.4) is 0 Å². The van der Waals surface area contributed by atoms with Crippen molar-refractivity contribution in [3.8, 4) is 0 Å². The summed E-state index contributed by atoms with van der Waals surface area (Å²) in [6.07, 6.45) is 4.80. The number of piperidine rings is 1. The van der Waals surface area contributed by atoms with Crippen molar-refractivity contribution >= 4 is 17.2 Å². The average molecular weight is 320 g/mol. The summed E-state index contributed by atoms with van der Waals surface area (Å²) in [7, 11) is 0. The normalized spacial score (nSPS) is 31.9. The number of nitrogens with zero attached hydrogens (tertiary/aromatic N) is 1. The molecule has 0 bridgehead atoms. The second kappa shape index (κ2) is 6.30. The van der Waals surface area contributed by atoms with Gasteiger partial charge in [0.15, 0.2) is 0 Å². The summed E-state index contributed by atoms with van der Waals surface area (Å²) in [5, 5.41) is 5.28. The molecule has 0 aromatic carbocycles. The summed E-state index contributed by atoms with van der Waals surface area (Å²) in [4.78, 5) is 16.3. The number of amides is 1. The predicted octanol–water partition coefficient (Wildman–Crippen LogP) is 2.25. The summed E-state index contributed by atoms with van der Waals surface area (Å²) in [5.74, 6) is 1.06. The first kappa shape index (κ1) is 14.7.